The van der Waals surface area contributed by atoms with E-state index in [0.29, 0.717) is 11.5 Å². The molecule has 2 heterocycles. The summed E-state index contributed by atoms with van der Waals surface area (Å²) < 4.78 is 26.9. The van der Waals surface area contributed by atoms with Crippen LogP contribution in [0.1, 0.15) is 26.5 Å². The van der Waals surface area contributed by atoms with Gasteiger partial charge in [0, 0.05) is 22.7 Å². The summed E-state index contributed by atoms with van der Waals surface area (Å²) in [7, 11) is -3.32. The van der Waals surface area contributed by atoms with Crippen molar-refractivity contribution in [1.82, 2.24) is 19.8 Å². The number of rotatable bonds is 3. The number of H-pyrrole nitrogens is 1. The number of aromatic nitrogens is 4. The molecule has 0 bridgehead atoms. The third-order valence-corrected chi connectivity index (χ3v) is 3.99. The SMILES string of the molecule is CC(C)(C)c1cc2[nH]nc(-c3cccc(NS(C)(=O)=O)c3)n2n1. The third-order valence-electron chi connectivity index (χ3n) is 3.38. The standard InChI is InChI=1S/C15H19N5O2S/c1-15(2,3)12-9-13-16-17-14(20(13)18-12)10-6-5-7-11(8-10)19-23(4,21)22/h5-9,16,19H,1-4H3. The smallest absolute Gasteiger partial charge is 0.229 e. The van der Waals surface area contributed by atoms with Gasteiger partial charge in [0.2, 0.25) is 10.0 Å². The summed E-state index contributed by atoms with van der Waals surface area (Å²) >= 11 is 0. The summed E-state index contributed by atoms with van der Waals surface area (Å²) in [6, 6.07) is 9.03. The Morgan fingerprint density at radius 3 is 2.61 bits per heavy atom. The quantitative estimate of drug-likeness (QED) is 0.770. The molecule has 0 saturated heterocycles. The fourth-order valence-corrected chi connectivity index (χ4v) is 2.82. The van der Waals surface area contributed by atoms with Crippen LogP contribution in [0.15, 0.2) is 30.3 Å². The van der Waals surface area contributed by atoms with Gasteiger partial charge in [0.1, 0.15) is 0 Å². The summed E-state index contributed by atoms with van der Waals surface area (Å²) in [5.74, 6) is 0.632. The van der Waals surface area contributed by atoms with Crippen LogP contribution in [0.2, 0.25) is 0 Å². The van der Waals surface area contributed by atoms with Crippen molar-refractivity contribution in [1.29, 1.82) is 0 Å². The van der Waals surface area contributed by atoms with Crippen molar-refractivity contribution in [2.45, 2.75) is 26.2 Å². The Hall–Kier alpha value is -2.35. The number of nitrogens with zero attached hydrogens (tertiary/aromatic N) is 3. The third kappa shape index (κ3) is 3.21. The molecule has 122 valence electrons. The van der Waals surface area contributed by atoms with E-state index in [2.05, 4.69) is 40.8 Å². The van der Waals surface area contributed by atoms with E-state index in [-0.39, 0.29) is 5.41 Å². The zero-order valence-electron chi connectivity index (χ0n) is 13.5. The molecule has 0 aliphatic heterocycles. The topological polar surface area (TPSA) is 92.1 Å². The van der Waals surface area contributed by atoms with E-state index < -0.39 is 10.0 Å². The normalized spacial score (nSPS) is 12.7. The van der Waals surface area contributed by atoms with Gasteiger partial charge in [-0.05, 0) is 12.1 Å². The highest BCUT2D eigenvalue weighted by Crippen LogP contribution is 2.26. The zero-order chi connectivity index (χ0) is 16.8. The minimum atomic E-state index is -3.32. The number of hydrogen-bond acceptors (Lipinski definition) is 4. The number of sulfonamides is 1. The van der Waals surface area contributed by atoms with Crippen molar-refractivity contribution in [2.24, 2.45) is 0 Å². The van der Waals surface area contributed by atoms with Crippen LogP contribution in [0.25, 0.3) is 17.0 Å². The second-order valence-corrected chi connectivity index (χ2v) is 8.33. The van der Waals surface area contributed by atoms with Crippen molar-refractivity contribution in [3.63, 3.8) is 0 Å². The van der Waals surface area contributed by atoms with E-state index in [9.17, 15) is 8.42 Å². The molecular formula is C15H19N5O2S. The summed E-state index contributed by atoms with van der Waals surface area (Å²) in [5.41, 5.74) is 2.95. The van der Waals surface area contributed by atoms with Crippen molar-refractivity contribution >= 4 is 21.4 Å². The summed E-state index contributed by atoms with van der Waals surface area (Å²) in [5, 5.41) is 11.9. The van der Waals surface area contributed by atoms with E-state index in [1.165, 1.54) is 0 Å². The van der Waals surface area contributed by atoms with Gasteiger partial charge in [-0.25, -0.2) is 8.42 Å². The highest BCUT2D eigenvalue weighted by molar-refractivity contribution is 7.92. The lowest BCUT2D eigenvalue weighted by Crippen LogP contribution is -2.12. The Bertz CT molecular complexity index is 963. The van der Waals surface area contributed by atoms with Crippen LogP contribution in [-0.2, 0) is 15.4 Å². The first-order valence-electron chi connectivity index (χ1n) is 7.16. The monoisotopic (exact) mass is 333 g/mol. The van der Waals surface area contributed by atoms with Gasteiger partial charge >= 0.3 is 0 Å². The molecule has 0 radical (unpaired) electrons. The molecule has 0 fully saturated rings. The van der Waals surface area contributed by atoms with Gasteiger partial charge in [-0.15, -0.1) is 0 Å². The van der Waals surface area contributed by atoms with Crippen molar-refractivity contribution in [3.05, 3.63) is 36.0 Å². The molecule has 0 aliphatic rings. The molecule has 2 aromatic heterocycles. The molecule has 7 nitrogen and oxygen atoms in total. The summed E-state index contributed by atoms with van der Waals surface area (Å²) in [6.45, 7) is 6.29. The number of aromatic amines is 1. The highest BCUT2D eigenvalue weighted by atomic mass is 32.2. The predicted octanol–water partition coefficient (Wildman–Crippen LogP) is 2.39. The molecule has 2 N–H and O–H groups in total. The van der Waals surface area contributed by atoms with Crippen LogP contribution < -0.4 is 4.72 Å². The number of anilines is 1. The lowest BCUT2D eigenvalue weighted by Gasteiger charge is -2.13. The van der Waals surface area contributed by atoms with Crippen LogP contribution in [-0.4, -0.2) is 34.5 Å². The lowest BCUT2D eigenvalue weighted by molar-refractivity contribution is 0.563. The Labute approximate surface area is 134 Å². The first-order valence-corrected chi connectivity index (χ1v) is 9.05. The predicted molar refractivity (Wildman–Crippen MR) is 89.9 cm³/mol. The fraction of sp³-hybridized carbons (Fsp3) is 0.333. The molecule has 0 unspecified atom stereocenters. The molecule has 8 heteroatoms. The number of fused-ring (bicyclic) bond motifs is 1. The maximum Gasteiger partial charge on any atom is 0.229 e. The summed E-state index contributed by atoms with van der Waals surface area (Å²) in [6.07, 6.45) is 1.12. The molecule has 0 aliphatic carbocycles. The Morgan fingerprint density at radius 2 is 1.96 bits per heavy atom. The van der Waals surface area contributed by atoms with E-state index >= 15 is 0 Å². The van der Waals surface area contributed by atoms with Crippen LogP contribution in [0.4, 0.5) is 5.69 Å². The fourth-order valence-electron chi connectivity index (χ4n) is 2.27. The maximum absolute atomic E-state index is 11.4. The number of benzene rings is 1. The molecule has 3 rings (SSSR count). The van der Waals surface area contributed by atoms with Crippen molar-refractivity contribution in [2.75, 3.05) is 11.0 Å². The molecule has 0 saturated carbocycles. The number of nitrogens with one attached hydrogen (secondary N) is 2. The Kier molecular flexibility index (Phi) is 3.44. The molecule has 0 amide bonds. The van der Waals surface area contributed by atoms with Crippen molar-refractivity contribution in [3.8, 4) is 11.4 Å². The van der Waals surface area contributed by atoms with E-state index in [0.717, 1.165) is 23.2 Å². The van der Waals surface area contributed by atoms with Gasteiger partial charge in [0.25, 0.3) is 0 Å². The molecular weight excluding hydrogens is 314 g/mol. The molecule has 1 aromatic carbocycles. The lowest BCUT2D eigenvalue weighted by atomic mass is 9.93. The van der Waals surface area contributed by atoms with Crippen LogP contribution >= 0.6 is 0 Å². The van der Waals surface area contributed by atoms with Gasteiger partial charge < -0.3 is 0 Å². The van der Waals surface area contributed by atoms with Crippen LogP contribution in [0.5, 0.6) is 0 Å². The van der Waals surface area contributed by atoms with E-state index in [1.807, 2.05) is 12.1 Å². The highest BCUT2D eigenvalue weighted by Gasteiger charge is 2.20. The van der Waals surface area contributed by atoms with Gasteiger partial charge in [-0.2, -0.15) is 14.7 Å². The summed E-state index contributed by atoms with van der Waals surface area (Å²) in [4.78, 5) is 0. The van der Waals surface area contributed by atoms with Crippen LogP contribution in [0, 0.1) is 0 Å². The zero-order valence-corrected chi connectivity index (χ0v) is 14.3. The van der Waals surface area contributed by atoms with Gasteiger partial charge in [0.05, 0.1) is 11.9 Å². The molecule has 0 spiro atoms. The second-order valence-electron chi connectivity index (χ2n) is 6.58. The minimum absolute atomic E-state index is 0.0657. The first-order chi connectivity index (χ1) is 10.6. The minimum Gasteiger partial charge on any atom is -0.284 e. The molecule has 23 heavy (non-hydrogen) atoms. The van der Waals surface area contributed by atoms with Gasteiger partial charge in [-0.3, -0.25) is 9.82 Å². The van der Waals surface area contributed by atoms with E-state index in [4.69, 9.17) is 0 Å². The largest absolute Gasteiger partial charge is 0.284 e. The Balaban J connectivity index is 2.07. The van der Waals surface area contributed by atoms with E-state index in [1.54, 1.807) is 22.7 Å². The maximum atomic E-state index is 11.4. The van der Waals surface area contributed by atoms with Gasteiger partial charge in [-0.1, -0.05) is 32.9 Å². The van der Waals surface area contributed by atoms with Gasteiger partial charge in [0.15, 0.2) is 11.5 Å². The molecule has 0 atom stereocenters. The molecule has 3 aromatic rings. The Morgan fingerprint density at radius 1 is 1.22 bits per heavy atom. The number of hydrogen-bond donors (Lipinski definition) is 2. The van der Waals surface area contributed by atoms with Crippen molar-refractivity contribution < 1.29 is 8.42 Å². The average molecular weight is 333 g/mol. The second kappa shape index (κ2) is 5.09. The van der Waals surface area contributed by atoms with Crippen LogP contribution in [0.3, 0.4) is 0 Å². The first kappa shape index (κ1) is 15.5. The average Bonchev–Trinajstić information content (AvgIpc) is 2.95.